The predicted molar refractivity (Wildman–Crippen MR) is 66.7 cm³/mol. The van der Waals surface area contributed by atoms with Gasteiger partial charge in [-0.15, -0.1) is 0 Å². The van der Waals surface area contributed by atoms with Crippen molar-refractivity contribution in [3.63, 3.8) is 0 Å². The van der Waals surface area contributed by atoms with Crippen LogP contribution in [-0.2, 0) is 4.74 Å². The van der Waals surface area contributed by atoms with Gasteiger partial charge in [-0.2, -0.15) is 0 Å². The Morgan fingerprint density at radius 1 is 1.44 bits per heavy atom. The molecular formula is C12H15BrN2O. The minimum atomic E-state index is 0.419. The van der Waals surface area contributed by atoms with Crippen LogP contribution in [0.4, 0.5) is 5.82 Å². The van der Waals surface area contributed by atoms with Gasteiger partial charge in [0.25, 0.3) is 0 Å². The maximum Gasteiger partial charge on any atom is 0.143 e. The highest BCUT2D eigenvalue weighted by Gasteiger charge is 2.37. The molecule has 16 heavy (non-hydrogen) atoms. The molecule has 4 heteroatoms. The molecule has 2 unspecified atom stereocenters. The van der Waals surface area contributed by atoms with Crippen molar-refractivity contribution in [3.8, 4) is 0 Å². The fourth-order valence-corrected chi connectivity index (χ4v) is 3.26. The smallest absolute Gasteiger partial charge is 0.143 e. The molecule has 2 heterocycles. The summed E-state index contributed by atoms with van der Waals surface area (Å²) in [5.41, 5.74) is 0. The highest BCUT2D eigenvalue weighted by molar-refractivity contribution is 9.10. The lowest BCUT2D eigenvalue weighted by atomic mass is 10.1. The number of pyridine rings is 1. The van der Waals surface area contributed by atoms with E-state index in [1.54, 1.807) is 0 Å². The van der Waals surface area contributed by atoms with Crippen molar-refractivity contribution < 1.29 is 4.74 Å². The summed E-state index contributed by atoms with van der Waals surface area (Å²) in [6.45, 7) is 1.78. The second-order valence-corrected chi connectivity index (χ2v) is 5.26. The fraction of sp³-hybridized carbons (Fsp3) is 0.583. The second kappa shape index (κ2) is 4.34. The standard InChI is InChI=1S/C12H15BrN2O/c13-9-3-2-6-14-12(9)15-7-8-16-11-5-1-4-10(11)15/h2-3,6,10-11H,1,4-5,7-8H2. The van der Waals surface area contributed by atoms with E-state index in [4.69, 9.17) is 4.74 Å². The van der Waals surface area contributed by atoms with Crippen LogP contribution in [-0.4, -0.2) is 30.3 Å². The number of morpholine rings is 1. The second-order valence-electron chi connectivity index (χ2n) is 4.41. The molecule has 3 rings (SSSR count). The van der Waals surface area contributed by atoms with Crippen LogP contribution in [0.5, 0.6) is 0 Å². The highest BCUT2D eigenvalue weighted by Crippen LogP contribution is 2.34. The Morgan fingerprint density at radius 3 is 3.25 bits per heavy atom. The molecule has 0 bridgehead atoms. The molecule has 0 N–H and O–H groups in total. The predicted octanol–water partition coefficient (Wildman–Crippen LogP) is 2.60. The maximum absolute atomic E-state index is 5.81. The van der Waals surface area contributed by atoms with Crippen LogP contribution in [0.1, 0.15) is 19.3 Å². The van der Waals surface area contributed by atoms with Crippen LogP contribution in [0.25, 0.3) is 0 Å². The number of rotatable bonds is 1. The molecule has 1 aliphatic heterocycles. The van der Waals surface area contributed by atoms with Gasteiger partial charge in [0.1, 0.15) is 5.82 Å². The van der Waals surface area contributed by atoms with Gasteiger partial charge in [-0.1, -0.05) is 0 Å². The zero-order chi connectivity index (χ0) is 11.0. The van der Waals surface area contributed by atoms with Gasteiger partial charge >= 0.3 is 0 Å². The number of fused-ring (bicyclic) bond motifs is 1. The Labute approximate surface area is 104 Å². The van der Waals surface area contributed by atoms with Gasteiger partial charge in [-0.05, 0) is 47.3 Å². The first-order chi connectivity index (χ1) is 7.86. The van der Waals surface area contributed by atoms with Crippen molar-refractivity contribution in [2.45, 2.75) is 31.4 Å². The third kappa shape index (κ3) is 1.74. The molecule has 1 aromatic heterocycles. The lowest BCUT2D eigenvalue weighted by molar-refractivity contribution is 0.0252. The number of halogens is 1. The lowest BCUT2D eigenvalue weighted by Crippen LogP contribution is -2.49. The van der Waals surface area contributed by atoms with E-state index in [-0.39, 0.29) is 0 Å². The first-order valence-electron chi connectivity index (χ1n) is 5.85. The topological polar surface area (TPSA) is 25.4 Å². The molecule has 1 aromatic rings. The monoisotopic (exact) mass is 282 g/mol. The van der Waals surface area contributed by atoms with Crippen molar-refractivity contribution in [3.05, 3.63) is 22.8 Å². The molecule has 0 spiro atoms. The summed E-state index contributed by atoms with van der Waals surface area (Å²) in [6, 6.07) is 4.54. The van der Waals surface area contributed by atoms with E-state index < -0.39 is 0 Å². The Hall–Kier alpha value is -0.610. The van der Waals surface area contributed by atoms with E-state index in [0.29, 0.717) is 12.1 Å². The first kappa shape index (κ1) is 10.5. The van der Waals surface area contributed by atoms with E-state index in [9.17, 15) is 0 Å². The van der Waals surface area contributed by atoms with E-state index in [0.717, 1.165) is 23.4 Å². The Bertz CT molecular complexity index is 385. The van der Waals surface area contributed by atoms with Gasteiger partial charge < -0.3 is 9.64 Å². The van der Waals surface area contributed by atoms with Crippen molar-refractivity contribution in [1.29, 1.82) is 0 Å². The average Bonchev–Trinajstić information content (AvgIpc) is 2.77. The summed E-state index contributed by atoms with van der Waals surface area (Å²) in [7, 11) is 0. The SMILES string of the molecule is Brc1cccnc1N1CCOC2CCCC21. The number of hydrogen-bond donors (Lipinski definition) is 0. The van der Waals surface area contributed by atoms with E-state index in [1.165, 1.54) is 19.3 Å². The van der Waals surface area contributed by atoms with Crippen molar-refractivity contribution in [1.82, 2.24) is 4.98 Å². The van der Waals surface area contributed by atoms with Crippen LogP contribution in [0.2, 0.25) is 0 Å². The minimum Gasteiger partial charge on any atom is -0.374 e. The molecule has 1 aliphatic carbocycles. The summed E-state index contributed by atoms with van der Waals surface area (Å²) in [6.07, 6.45) is 5.98. The summed E-state index contributed by atoms with van der Waals surface area (Å²) in [5.74, 6) is 1.07. The Kier molecular flexibility index (Phi) is 2.86. The average molecular weight is 283 g/mol. The molecule has 1 saturated carbocycles. The molecule has 0 aromatic carbocycles. The molecule has 0 amide bonds. The molecular weight excluding hydrogens is 268 g/mol. The summed E-state index contributed by atoms with van der Waals surface area (Å²) >= 11 is 3.58. The summed E-state index contributed by atoms with van der Waals surface area (Å²) in [4.78, 5) is 6.89. The van der Waals surface area contributed by atoms with Crippen LogP contribution < -0.4 is 4.90 Å². The Balaban J connectivity index is 1.91. The third-order valence-electron chi connectivity index (χ3n) is 3.49. The quantitative estimate of drug-likeness (QED) is 0.792. The number of ether oxygens (including phenoxy) is 1. The number of aromatic nitrogens is 1. The Morgan fingerprint density at radius 2 is 2.38 bits per heavy atom. The zero-order valence-electron chi connectivity index (χ0n) is 9.10. The molecule has 2 aliphatic rings. The van der Waals surface area contributed by atoms with Gasteiger partial charge in [0.05, 0.1) is 23.2 Å². The first-order valence-corrected chi connectivity index (χ1v) is 6.64. The molecule has 2 fully saturated rings. The van der Waals surface area contributed by atoms with E-state index in [1.807, 2.05) is 12.3 Å². The van der Waals surface area contributed by atoms with Crippen molar-refractivity contribution in [2.24, 2.45) is 0 Å². The molecule has 0 radical (unpaired) electrons. The largest absolute Gasteiger partial charge is 0.374 e. The van der Waals surface area contributed by atoms with Gasteiger partial charge in [0.2, 0.25) is 0 Å². The van der Waals surface area contributed by atoms with Crippen LogP contribution >= 0.6 is 15.9 Å². The van der Waals surface area contributed by atoms with Gasteiger partial charge in [0, 0.05) is 12.7 Å². The molecule has 1 saturated heterocycles. The van der Waals surface area contributed by atoms with Crippen LogP contribution in [0, 0.1) is 0 Å². The van der Waals surface area contributed by atoms with Crippen molar-refractivity contribution in [2.75, 3.05) is 18.1 Å². The molecule has 86 valence electrons. The zero-order valence-corrected chi connectivity index (χ0v) is 10.7. The molecule has 3 nitrogen and oxygen atoms in total. The normalized spacial score (nSPS) is 29.2. The van der Waals surface area contributed by atoms with Crippen LogP contribution in [0.3, 0.4) is 0 Å². The van der Waals surface area contributed by atoms with Gasteiger partial charge in [0.15, 0.2) is 0 Å². The number of hydrogen-bond acceptors (Lipinski definition) is 3. The van der Waals surface area contributed by atoms with Crippen molar-refractivity contribution >= 4 is 21.7 Å². The lowest BCUT2D eigenvalue weighted by Gasteiger charge is -2.38. The van der Waals surface area contributed by atoms with Gasteiger partial charge in [-0.25, -0.2) is 4.98 Å². The maximum atomic E-state index is 5.81. The fourth-order valence-electron chi connectivity index (χ4n) is 2.78. The number of nitrogens with zero attached hydrogens (tertiary/aromatic N) is 2. The third-order valence-corrected chi connectivity index (χ3v) is 4.11. The van der Waals surface area contributed by atoms with Gasteiger partial charge in [-0.3, -0.25) is 0 Å². The highest BCUT2D eigenvalue weighted by atomic mass is 79.9. The summed E-state index contributed by atoms with van der Waals surface area (Å²) in [5, 5.41) is 0. The van der Waals surface area contributed by atoms with E-state index in [2.05, 4.69) is 31.9 Å². The van der Waals surface area contributed by atoms with E-state index >= 15 is 0 Å². The summed E-state index contributed by atoms with van der Waals surface area (Å²) < 4.78 is 6.89. The molecule has 2 atom stereocenters. The number of anilines is 1. The minimum absolute atomic E-state index is 0.419. The van der Waals surface area contributed by atoms with Crippen LogP contribution in [0.15, 0.2) is 22.8 Å².